The van der Waals surface area contributed by atoms with E-state index >= 15 is 0 Å². The summed E-state index contributed by atoms with van der Waals surface area (Å²) in [5.74, 6) is -1.29. The van der Waals surface area contributed by atoms with E-state index in [1.807, 2.05) is 44.2 Å². The Kier molecular flexibility index (Phi) is 9.94. The Bertz CT molecular complexity index is 720. The molecule has 1 aromatic rings. The molecule has 0 N–H and O–H groups in total. The molecule has 5 atom stereocenters. The van der Waals surface area contributed by atoms with Gasteiger partial charge in [0.25, 0.3) is 0 Å². The van der Waals surface area contributed by atoms with E-state index in [1.165, 1.54) is 13.8 Å². The molecule has 31 heavy (non-hydrogen) atoms. The smallest absolute Gasteiger partial charge is 0.306 e. The normalized spacial score (nSPS) is 25.5. The molecule has 2 rings (SSSR count). The van der Waals surface area contributed by atoms with Crippen molar-refractivity contribution in [2.24, 2.45) is 11.8 Å². The van der Waals surface area contributed by atoms with Gasteiger partial charge in [-0.25, -0.2) is 0 Å². The van der Waals surface area contributed by atoms with Gasteiger partial charge in [-0.1, -0.05) is 44.2 Å². The summed E-state index contributed by atoms with van der Waals surface area (Å²) in [7, 11) is 0. The fraction of sp³-hybridized carbons (Fsp3) is 0.609. The first-order valence-corrected chi connectivity index (χ1v) is 10.5. The van der Waals surface area contributed by atoms with E-state index in [9.17, 15) is 14.4 Å². The third kappa shape index (κ3) is 8.30. The van der Waals surface area contributed by atoms with Crippen molar-refractivity contribution in [1.82, 2.24) is 0 Å². The Hall–Kier alpha value is -2.45. The predicted molar refractivity (Wildman–Crippen MR) is 111 cm³/mol. The molecule has 8 heteroatoms. The van der Waals surface area contributed by atoms with Crippen LogP contribution in [0.1, 0.15) is 46.1 Å². The number of benzene rings is 1. The molecule has 0 aliphatic carbocycles. The van der Waals surface area contributed by atoms with Crippen molar-refractivity contribution < 1.29 is 38.1 Å². The van der Waals surface area contributed by atoms with Crippen LogP contribution in [0.5, 0.6) is 0 Å². The van der Waals surface area contributed by atoms with Gasteiger partial charge in [-0.15, -0.1) is 0 Å². The summed E-state index contributed by atoms with van der Waals surface area (Å²) < 4.78 is 27.6. The Labute approximate surface area is 183 Å². The third-order valence-electron chi connectivity index (χ3n) is 5.26. The maximum Gasteiger partial charge on any atom is 0.306 e. The first kappa shape index (κ1) is 24.8. The summed E-state index contributed by atoms with van der Waals surface area (Å²) >= 11 is 0. The van der Waals surface area contributed by atoms with Gasteiger partial charge < -0.3 is 23.7 Å². The Morgan fingerprint density at radius 3 is 2.32 bits per heavy atom. The molecule has 1 fully saturated rings. The Balaban J connectivity index is 1.79. The molecule has 1 aliphatic rings. The van der Waals surface area contributed by atoms with Crippen molar-refractivity contribution in [1.29, 1.82) is 0 Å². The van der Waals surface area contributed by atoms with Crippen LogP contribution in [0.4, 0.5) is 0 Å². The lowest BCUT2D eigenvalue weighted by molar-refractivity contribution is -0.273. The van der Waals surface area contributed by atoms with Crippen LogP contribution in [-0.2, 0) is 44.7 Å². The number of hydrogen-bond acceptors (Lipinski definition) is 8. The lowest BCUT2D eigenvalue weighted by Gasteiger charge is -2.43. The topological polar surface area (TPSA) is 97.4 Å². The molecule has 1 saturated heterocycles. The molecule has 0 bridgehead atoms. The molecule has 0 aromatic heterocycles. The number of hydrogen-bond donors (Lipinski definition) is 0. The zero-order chi connectivity index (χ0) is 22.8. The summed E-state index contributed by atoms with van der Waals surface area (Å²) in [5, 5.41) is 0. The average Bonchev–Trinajstić information content (AvgIpc) is 2.73. The van der Waals surface area contributed by atoms with Gasteiger partial charge >= 0.3 is 17.9 Å². The van der Waals surface area contributed by atoms with Gasteiger partial charge in [-0.05, 0) is 12.0 Å². The van der Waals surface area contributed by atoms with Gasteiger partial charge in [0.2, 0.25) is 0 Å². The van der Waals surface area contributed by atoms with Crippen molar-refractivity contribution in [2.75, 3.05) is 13.2 Å². The van der Waals surface area contributed by atoms with Crippen LogP contribution in [0.2, 0.25) is 0 Å². The van der Waals surface area contributed by atoms with E-state index in [-0.39, 0.29) is 37.4 Å². The van der Waals surface area contributed by atoms with Crippen molar-refractivity contribution in [3.63, 3.8) is 0 Å². The largest absolute Gasteiger partial charge is 0.463 e. The van der Waals surface area contributed by atoms with Gasteiger partial charge in [0.15, 0.2) is 6.29 Å². The number of carbonyl (C=O) groups is 3. The summed E-state index contributed by atoms with van der Waals surface area (Å²) in [5.41, 5.74) is 0.937. The van der Waals surface area contributed by atoms with Gasteiger partial charge in [0.05, 0.1) is 6.61 Å². The van der Waals surface area contributed by atoms with Crippen LogP contribution in [-0.4, -0.2) is 49.6 Å². The second-order valence-electron chi connectivity index (χ2n) is 7.76. The van der Waals surface area contributed by atoms with Gasteiger partial charge in [0.1, 0.15) is 25.4 Å². The summed E-state index contributed by atoms with van der Waals surface area (Å²) in [6, 6.07) is 9.49. The van der Waals surface area contributed by atoms with Crippen LogP contribution in [0.15, 0.2) is 30.3 Å². The minimum Gasteiger partial charge on any atom is -0.463 e. The molecule has 8 nitrogen and oxygen atoms in total. The maximum atomic E-state index is 11.9. The van der Waals surface area contributed by atoms with E-state index in [1.54, 1.807) is 0 Å². The molecular formula is C23H32O8. The highest BCUT2D eigenvalue weighted by atomic mass is 16.7. The van der Waals surface area contributed by atoms with Crippen molar-refractivity contribution in [2.45, 2.75) is 65.6 Å². The highest BCUT2D eigenvalue weighted by Crippen LogP contribution is 2.33. The number of esters is 3. The van der Waals surface area contributed by atoms with Crippen molar-refractivity contribution in [3.8, 4) is 0 Å². The van der Waals surface area contributed by atoms with Gasteiger partial charge in [0, 0.05) is 32.1 Å². The fourth-order valence-electron chi connectivity index (χ4n) is 3.39. The van der Waals surface area contributed by atoms with E-state index in [0.29, 0.717) is 13.0 Å². The molecule has 1 aromatic carbocycles. The predicted octanol–water partition coefficient (Wildman–Crippen LogP) is 3.02. The van der Waals surface area contributed by atoms with Crippen molar-refractivity contribution in [3.05, 3.63) is 35.9 Å². The first-order valence-electron chi connectivity index (χ1n) is 10.5. The molecule has 0 saturated carbocycles. The monoisotopic (exact) mass is 436 g/mol. The molecule has 0 spiro atoms. The van der Waals surface area contributed by atoms with Crippen LogP contribution in [0.3, 0.4) is 0 Å². The second kappa shape index (κ2) is 12.4. The van der Waals surface area contributed by atoms with Crippen LogP contribution < -0.4 is 0 Å². The van der Waals surface area contributed by atoms with Crippen LogP contribution in [0.25, 0.3) is 0 Å². The van der Waals surface area contributed by atoms with Crippen LogP contribution in [0, 0.1) is 11.8 Å². The quantitative estimate of drug-likeness (QED) is 0.314. The first-order chi connectivity index (χ1) is 14.8. The minimum atomic E-state index is -0.625. The standard InChI is InChI=1S/C23H32O8/c1-15-16(2)23(31-20(14-28-17(3)24)22(15)30-18(4)25)27-12-8-11-21(26)29-13-19-9-6-5-7-10-19/h5-7,9-10,15-16,20,22-23H,8,11-14H2,1-4H3. The summed E-state index contributed by atoms with van der Waals surface area (Å²) in [6.07, 6.45) is -1.02. The summed E-state index contributed by atoms with van der Waals surface area (Å²) in [4.78, 5) is 34.6. The van der Waals surface area contributed by atoms with E-state index < -0.39 is 30.4 Å². The van der Waals surface area contributed by atoms with Gasteiger partial charge in [-0.3, -0.25) is 14.4 Å². The zero-order valence-corrected chi connectivity index (χ0v) is 18.6. The molecule has 172 valence electrons. The SMILES string of the molecule is CC(=O)OCC1OC(OCCCC(=O)OCc2ccccc2)C(C)C(C)C1OC(C)=O. The van der Waals surface area contributed by atoms with E-state index in [0.717, 1.165) is 5.56 Å². The van der Waals surface area contributed by atoms with Crippen molar-refractivity contribution >= 4 is 17.9 Å². The van der Waals surface area contributed by atoms with Crippen LogP contribution >= 0.6 is 0 Å². The van der Waals surface area contributed by atoms with E-state index in [4.69, 9.17) is 23.7 Å². The lowest BCUT2D eigenvalue weighted by Crippen LogP contribution is -2.53. The maximum absolute atomic E-state index is 11.9. The molecule has 1 heterocycles. The number of ether oxygens (including phenoxy) is 5. The Morgan fingerprint density at radius 2 is 1.68 bits per heavy atom. The fourth-order valence-corrected chi connectivity index (χ4v) is 3.39. The average molecular weight is 437 g/mol. The molecule has 0 amide bonds. The van der Waals surface area contributed by atoms with Gasteiger partial charge in [-0.2, -0.15) is 0 Å². The zero-order valence-electron chi connectivity index (χ0n) is 18.6. The highest BCUT2D eigenvalue weighted by molar-refractivity contribution is 5.69. The molecule has 1 aliphatic heterocycles. The van der Waals surface area contributed by atoms with E-state index in [2.05, 4.69) is 0 Å². The minimum absolute atomic E-state index is 0.0317. The Morgan fingerprint density at radius 1 is 0.968 bits per heavy atom. The second-order valence-corrected chi connectivity index (χ2v) is 7.76. The highest BCUT2D eigenvalue weighted by Gasteiger charge is 2.44. The lowest BCUT2D eigenvalue weighted by atomic mass is 9.84. The molecule has 5 unspecified atom stereocenters. The number of rotatable bonds is 10. The number of carbonyl (C=O) groups excluding carboxylic acids is 3. The third-order valence-corrected chi connectivity index (χ3v) is 5.26. The molecular weight excluding hydrogens is 404 g/mol. The molecule has 0 radical (unpaired) electrons. The summed E-state index contributed by atoms with van der Waals surface area (Å²) in [6.45, 7) is 7.05.